The maximum Gasteiger partial charge on any atom is 0.111 e. The molecule has 0 bridgehead atoms. The Morgan fingerprint density at radius 3 is 2.32 bits per heavy atom. The van der Waals surface area contributed by atoms with Gasteiger partial charge >= 0.3 is 0 Å². The van der Waals surface area contributed by atoms with Crippen molar-refractivity contribution in [2.75, 3.05) is 27.2 Å². The van der Waals surface area contributed by atoms with Gasteiger partial charge in [-0.1, -0.05) is 61.9 Å². The van der Waals surface area contributed by atoms with Crippen molar-refractivity contribution in [3.05, 3.63) is 83.7 Å². The van der Waals surface area contributed by atoms with Crippen LogP contribution < -0.4 is 0 Å². The molecule has 28 heavy (non-hydrogen) atoms. The van der Waals surface area contributed by atoms with E-state index in [0.717, 1.165) is 38.1 Å². The SMILES string of the molecule is CCCc1c(C(OCCCN(C)C)c2ccccc2)cnn1-c1ccccc1. The molecule has 2 aromatic carbocycles. The first-order chi connectivity index (χ1) is 13.7. The molecule has 0 N–H and O–H groups in total. The van der Waals surface area contributed by atoms with Crippen LogP contribution in [0.3, 0.4) is 0 Å². The fourth-order valence-electron chi connectivity index (χ4n) is 3.46. The monoisotopic (exact) mass is 377 g/mol. The number of rotatable bonds is 10. The Kier molecular flexibility index (Phi) is 7.40. The number of benzene rings is 2. The summed E-state index contributed by atoms with van der Waals surface area (Å²) in [6, 6.07) is 20.8. The lowest BCUT2D eigenvalue weighted by molar-refractivity contribution is 0.0738. The lowest BCUT2D eigenvalue weighted by Gasteiger charge is -2.20. The molecule has 1 unspecified atom stereocenters. The number of hydrogen-bond acceptors (Lipinski definition) is 3. The summed E-state index contributed by atoms with van der Waals surface area (Å²) in [4.78, 5) is 2.19. The number of ether oxygens (including phenoxy) is 1. The Labute approximate surface area is 168 Å². The van der Waals surface area contributed by atoms with E-state index in [1.807, 2.05) is 18.3 Å². The molecular formula is C24H31N3O. The van der Waals surface area contributed by atoms with E-state index in [4.69, 9.17) is 9.84 Å². The van der Waals surface area contributed by atoms with Crippen molar-refractivity contribution in [3.8, 4) is 5.69 Å². The number of aromatic nitrogens is 2. The summed E-state index contributed by atoms with van der Waals surface area (Å²) in [5.41, 5.74) is 4.67. The summed E-state index contributed by atoms with van der Waals surface area (Å²) in [5, 5.41) is 4.74. The smallest absolute Gasteiger partial charge is 0.111 e. The van der Waals surface area contributed by atoms with Crippen LogP contribution in [0.25, 0.3) is 5.69 Å². The van der Waals surface area contributed by atoms with Gasteiger partial charge in [-0.15, -0.1) is 0 Å². The third-order valence-electron chi connectivity index (χ3n) is 4.81. The number of hydrogen-bond donors (Lipinski definition) is 0. The molecule has 1 heterocycles. The lowest BCUT2D eigenvalue weighted by atomic mass is 10.00. The zero-order valence-corrected chi connectivity index (χ0v) is 17.2. The lowest BCUT2D eigenvalue weighted by Crippen LogP contribution is -2.16. The van der Waals surface area contributed by atoms with Crippen LogP contribution in [0, 0.1) is 0 Å². The second kappa shape index (κ2) is 10.2. The van der Waals surface area contributed by atoms with Crippen molar-refractivity contribution in [1.82, 2.24) is 14.7 Å². The molecule has 1 atom stereocenters. The molecule has 0 aliphatic carbocycles. The molecule has 1 aromatic heterocycles. The Bertz CT molecular complexity index is 828. The molecule has 0 saturated heterocycles. The second-order valence-corrected chi connectivity index (χ2v) is 7.36. The Morgan fingerprint density at radius 1 is 1.00 bits per heavy atom. The van der Waals surface area contributed by atoms with Crippen LogP contribution in [0.15, 0.2) is 66.9 Å². The summed E-state index contributed by atoms with van der Waals surface area (Å²) in [5.74, 6) is 0. The zero-order valence-electron chi connectivity index (χ0n) is 17.2. The van der Waals surface area contributed by atoms with Gasteiger partial charge in [0, 0.05) is 12.2 Å². The van der Waals surface area contributed by atoms with Gasteiger partial charge < -0.3 is 9.64 Å². The van der Waals surface area contributed by atoms with Crippen molar-refractivity contribution in [1.29, 1.82) is 0 Å². The van der Waals surface area contributed by atoms with Crippen LogP contribution in [0.5, 0.6) is 0 Å². The summed E-state index contributed by atoms with van der Waals surface area (Å²) in [6.07, 6.45) is 4.93. The average Bonchev–Trinajstić information content (AvgIpc) is 3.13. The average molecular weight is 378 g/mol. The van der Waals surface area contributed by atoms with Gasteiger partial charge in [0.25, 0.3) is 0 Å². The third-order valence-corrected chi connectivity index (χ3v) is 4.81. The molecule has 0 spiro atoms. The molecular weight excluding hydrogens is 346 g/mol. The highest BCUT2D eigenvalue weighted by atomic mass is 16.5. The predicted molar refractivity (Wildman–Crippen MR) is 115 cm³/mol. The number of para-hydroxylation sites is 1. The minimum Gasteiger partial charge on any atom is -0.369 e. The van der Waals surface area contributed by atoms with Gasteiger partial charge in [-0.25, -0.2) is 4.68 Å². The van der Waals surface area contributed by atoms with Gasteiger partial charge in [0.05, 0.1) is 17.6 Å². The maximum atomic E-state index is 6.42. The van der Waals surface area contributed by atoms with E-state index < -0.39 is 0 Å². The molecule has 4 heteroatoms. The molecule has 0 aliphatic rings. The van der Waals surface area contributed by atoms with Crippen LogP contribution in [-0.2, 0) is 11.2 Å². The molecule has 3 rings (SSSR count). The third kappa shape index (κ3) is 5.09. The molecule has 148 valence electrons. The van der Waals surface area contributed by atoms with Crippen LogP contribution in [-0.4, -0.2) is 41.9 Å². The highest BCUT2D eigenvalue weighted by molar-refractivity contribution is 5.38. The first kappa shape index (κ1) is 20.3. The highest BCUT2D eigenvalue weighted by Crippen LogP contribution is 2.30. The first-order valence-electron chi connectivity index (χ1n) is 10.1. The number of nitrogens with zero attached hydrogens (tertiary/aromatic N) is 3. The van der Waals surface area contributed by atoms with E-state index in [1.165, 1.54) is 16.8 Å². The summed E-state index contributed by atoms with van der Waals surface area (Å²) in [6.45, 7) is 3.95. The zero-order chi connectivity index (χ0) is 19.8. The van der Waals surface area contributed by atoms with Crippen molar-refractivity contribution in [2.24, 2.45) is 0 Å². The molecule has 3 aromatic rings. The van der Waals surface area contributed by atoms with Crippen molar-refractivity contribution in [3.63, 3.8) is 0 Å². The van der Waals surface area contributed by atoms with E-state index in [9.17, 15) is 0 Å². The van der Waals surface area contributed by atoms with Crippen LogP contribution in [0.4, 0.5) is 0 Å². The Hall–Kier alpha value is -2.43. The first-order valence-corrected chi connectivity index (χ1v) is 10.1. The molecule has 0 aliphatic heterocycles. The fourth-order valence-corrected chi connectivity index (χ4v) is 3.46. The van der Waals surface area contributed by atoms with Gasteiger partial charge in [0.1, 0.15) is 6.10 Å². The largest absolute Gasteiger partial charge is 0.369 e. The van der Waals surface area contributed by atoms with E-state index in [-0.39, 0.29) is 6.10 Å². The molecule has 0 radical (unpaired) electrons. The van der Waals surface area contributed by atoms with Gasteiger partial charge in [-0.3, -0.25) is 0 Å². The Balaban J connectivity index is 1.93. The fraction of sp³-hybridized carbons (Fsp3) is 0.375. The maximum absolute atomic E-state index is 6.42. The summed E-state index contributed by atoms with van der Waals surface area (Å²) in [7, 11) is 4.19. The van der Waals surface area contributed by atoms with E-state index >= 15 is 0 Å². The second-order valence-electron chi connectivity index (χ2n) is 7.36. The van der Waals surface area contributed by atoms with Gasteiger partial charge in [0.15, 0.2) is 0 Å². The molecule has 0 saturated carbocycles. The van der Waals surface area contributed by atoms with Crippen molar-refractivity contribution in [2.45, 2.75) is 32.3 Å². The minimum atomic E-state index is -0.0950. The molecule has 0 fully saturated rings. The van der Waals surface area contributed by atoms with E-state index in [1.54, 1.807) is 0 Å². The van der Waals surface area contributed by atoms with E-state index in [2.05, 4.69) is 79.1 Å². The minimum absolute atomic E-state index is 0.0950. The quantitative estimate of drug-likeness (QED) is 0.472. The standard InChI is InChI=1S/C24H31N3O/c1-4-12-23-22(19-25-27(23)21-15-9-6-10-16-21)24(20-13-7-5-8-14-20)28-18-11-17-26(2)3/h5-10,13-16,19,24H,4,11-12,17-18H2,1-3H3. The van der Waals surface area contributed by atoms with Crippen molar-refractivity contribution >= 4 is 0 Å². The van der Waals surface area contributed by atoms with Crippen LogP contribution >= 0.6 is 0 Å². The molecule has 4 nitrogen and oxygen atoms in total. The van der Waals surface area contributed by atoms with Gasteiger partial charge in [0.2, 0.25) is 0 Å². The summed E-state index contributed by atoms with van der Waals surface area (Å²) >= 11 is 0. The topological polar surface area (TPSA) is 30.3 Å². The normalized spacial score (nSPS) is 12.4. The summed E-state index contributed by atoms with van der Waals surface area (Å²) < 4.78 is 8.49. The van der Waals surface area contributed by atoms with Crippen LogP contribution in [0.2, 0.25) is 0 Å². The highest BCUT2D eigenvalue weighted by Gasteiger charge is 2.22. The van der Waals surface area contributed by atoms with Gasteiger partial charge in [-0.05, 0) is 51.2 Å². The van der Waals surface area contributed by atoms with Gasteiger partial charge in [-0.2, -0.15) is 5.10 Å². The molecule has 0 amide bonds. The Morgan fingerprint density at radius 2 is 1.68 bits per heavy atom. The van der Waals surface area contributed by atoms with Crippen molar-refractivity contribution < 1.29 is 4.74 Å². The van der Waals surface area contributed by atoms with Crippen LogP contribution in [0.1, 0.15) is 42.7 Å². The van der Waals surface area contributed by atoms with E-state index in [0.29, 0.717) is 0 Å². The predicted octanol–water partition coefficient (Wildman–Crippen LogP) is 4.88.